The number of nitrogens with one attached hydrogen (secondary N) is 2. The molecule has 7 nitrogen and oxygen atoms in total. The molecule has 0 aliphatic carbocycles. The molecule has 4 N–H and O–H groups in total. The first-order valence-corrected chi connectivity index (χ1v) is 8.66. The highest BCUT2D eigenvalue weighted by atomic mass is 35.5. The standard InChI is InChI=1S/C17H17Cl2FN4O3/c18-11-6-10(7-12(19)8-11)9-22-17(26)27-5-1-2-15(25)23-13-3-4-14(20)24-16(13)21/h3-4,6-8H,1-2,5,9H2,(H2,21,24)(H,22,26)(H,23,25). The Bertz CT molecular complexity index is 816. The first-order valence-electron chi connectivity index (χ1n) is 7.91. The summed E-state index contributed by atoms with van der Waals surface area (Å²) in [4.78, 5) is 26.8. The van der Waals surface area contributed by atoms with E-state index in [9.17, 15) is 14.0 Å². The summed E-state index contributed by atoms with van der Waals surface area (Å²) in [5.41, 5.74) is 6.46. The average Bonchev–Trinajstić information content (AvgIpc) is 2.58. The smallest absolute Gasteiger partial charge is 0.407 e. The highest BCUT2D eigenvalue weighted by Crippen LogP contribution is 2.19. The lowest BCUT2D eigenvalue weighted by molar-refractivity contribution is -0.116. The number of nitrogens with two attached hydrogens (primary N) is 1. The van der Waals surface area contributed by atoms with E-state index in [-0.39, 0.29) is 37.0 Å². The van der Waals surface area contributed by atoms with E-state index in [1.54, 1.807) is 18.2 Å². The van der Waals surface area contributed by atoms with Gasteiger partial charge in [0.1, 0.15) is 0 Å². The highest BCUT2D eigenvalue weighted by molar-refractivity contribution is 6.34. The summed E-state index contributed by atoms with van der Waals surface area (Å²) in [6.07, 6.45) is -0.233. The van der Waals surface area contributed by atoms with Gasteiger partial charge in [-0.2, -0.15) is 4.39 Å². The van der Waals surface area contributed by atoms with Crippen LogP contribution in [0.3, 0.4) is 0 Å². The van der Waals surface area contributed by atoms with Crippen molar-refractivity contribution < 1.29 is 18.7 Å². The van der Waals surface area contributed by atoms with Crippen molar-refractivity contribution in [2.24, 2.45) is 0 Å². The van der Waals surface area contributed by atoms with Gasteiger partial charge in [-0.05, 0) is 42.3 Å². The number of benzene rings is 1. The molecule has 0 spiro atoms. The molecule has 2 aromatic rings. The SMILES string of the molecule is Nc1nc(F)ccc1NC(=O)CCCOC(=O)NCc1cc(Cl)cc(Cl)c1. The van der Waals surface area contributed by atoms with Gasteiger partial charge < -0.3 is 21.1 Å². The van der Waals surface area contributed by atoms with E-state index < -0.39 is 12.0 Å². The predicted octanol–water partition coefficient (Wildman–Crippen LogP) is 3.75. The van der Waals surface area contributed by atoms with Crippen molar-refractivity contribution in [3.63, 3.8) is 0 Å². The van der Waals surface area contributed by atoms with Gasteiger partial charge in [-0.1, -0.05) is 23.2 Å². The van der Waals surface area contributed by atoms with Crippen LogP contribution in [0.2, 0.25) is 10.0 Å². The minimum absolute atomic E-state index is 0.0483. The number of aromatic nitrogens is 1. The molecule has 0 fully saturated rings. The number of pyridine rings is 1. The molecule has 0 aliphatic heterocycles. The van der Waals surface area contributed by atoms with E-state index in [1.807, 2.05) is 0 Å². The Kier molecular flexibility index (Phi) is 7.63. The third-order valence-electron chi connectivity index (χ3n) is 3.31. The summed E-state index contributed by atoms with van der Waals surface area (Å²) in [5, 5.41) is 6.00. The highest BCUT2D eigenvalue weighted by Gasteiger charge is 2.08. The molecule has 1 heterocycles. The van der Waals surface area contributed by atoms with Gasteiger partial charge in [0.25, 0.3) is 0 Å². The normalized spacial score (nSPS) is 10.3. The van der Waals surface area contributed by atoms with Gasteiger partial charge in [0.2, 0.25) is 11.9 Å². The molecule has 2 amide bonds. The average molecular weight is 415 g/mol. The minimum atomic E-state index is -0.732. The molecule has 0 aliphatic rings. The van der Waals surface area contributed by atoms with Gasteiger partial charge >= 0.3 is 6.09 Å². The van der Waals surface area contributed by atoms with Crippen molar-refractivity contribution in [3.05, 3.63) is 51.9 Å². The van der Waals surface area contributed by atoms with Crippen molar-refractivity contribution in [2.75, 3.05) is 17.7 Å². The number of hydrogen-bond acceptors (Lipinski definition) is 5. The van der Waals surface area contributed by atoms with Crippen molar-refractivity contribution in [2.45, 2.75) is 19.4 Å². The van der Waals surface area contributed by atoms with E-state index in [0.717, 1.165) is 11.6 Å². The second-order valence-electron chi connectivity index (χ2n) is 5.49. The zero-order chi connectivity index (χ0) is 19.8. The molecule has 1 aromatic carbocycles. The van der Waals surface area contributed by atoms with E-state index in [2.05, 4.69) is 15.6 Å². The molecule has 0 atom stereocenters. The number of nitrogens with zero attached hydrogens (tertiary/aromatic N) is 1. The first-order chi connectivity index (χ1) is 12.8. The van der Waals surface area contributed by atoms with Crippen molar-refractivity contribution >= 4 is 46.7 Å². The maximum atomic E-state index is 12.8. The van der Waals surface area contributed by atoms with Gasteiger partial charge in [-0.25, -0.2) is 9.78 Å². The van der Waals surface area contributed by atoms with Crippen LogP contribution in [0.5, 0.6) is 0 Å². The molecule has 144 valence electrons. The second-order valence-corrected chi connectivity index (χ2v) is 6.36. The van der Waals surface area contributed by atoms with E-state index >= 15 is 0 Å². The van der Waals surface area contributed by atoms with Crippen LogP contribution in [0.4, 0.5) is 20.7 Å². The fraction of sp³-hybridized carbons (Fsp3) is 0.235. The fourth-order valence-electron chi connectivity index (χ4n) is 2.10. The topological polar surface area (TPSA) is 106 Å². The Hall–Kier alpha value is -2.58. The Morgan fingerprint density at radius 3 is 2.56 bits per heavy atom. The lowest BCUT2D eigenvalue weighted by Gasteiger charge is -2.09. The van der Waals surface area contributed by atoms with Gasteiger partial charge in [-0.15, -0.1) is 0 Å². The molecular weight excluding hydrogens is 398 g/mol. The van der Waals surface area contributed by atoms with Crippen LogP contribution < -0.4 is 16.4 Å². The number of alkyl carbamates (subject to hydrolysis) is 1. The summed E-state index contributed by atoms with van der Waals surface area (Å²) in [6, 6.07) is 7.35. The Balaban J connectivity index is 1.65. The molecule has 1 aromatic heterocycles. The van der Waals surface area contributed by atoms with Crippen molar-refractivity contribution in [3.8, 4) is 0 Å². The Morgan fingerprint density at radius 2 is 1.89 bits per heavy atom. The number of halogens is 3. The number of anilines is 2. The number of hydrogen-bond donors (Lipinski definition) is 3. The van der Waals surface area contributed by atoms with Crippen LogP contribution in [0.1, 0.15) is 18.4 Å². The lowest BCUT2D eigenvalue weighted by atomic mass is 10.2. The summed E-state index contributed by atoms with van der Waals surface area (Å²) >= 11 is 11.8. The summed E-state index contributed by atoms with van der Waals surface area (Å²) in [5.74, 6) is -1.20. The summed E-state index contributed by atoms with van der Waals surface area (Å²) < 4.78 is 17.8. The maximum absolute atomic E-state index is 12.8. The van der Waals surface area contributed by atoms with Gasteiger partial charge in [0.15, 0.2) is 5.82 Å². The third-order valence-corrected chi connectivity index (χ3v) is 3.74. The number of ether oxygens (including phenoxy) is 1. The summed E-state index contributed by atoms with van der Waals surface area (Å²) in [7, 11) is 0. The molecule has 2 rings (SSSR count). The Morgan fingerprint density at radius 1 is 1.19 bits per heavy atom. The fourth-order valence-corrected chi connectivity index (χ4v) is 2.68. The van der Waals surface area contributed by atoms with Crippen LogP contribution in [0.15, 0.2) is 30.3 Å². The Labute approximate surface area is 165 Å². The molecule has 0 saturated heterocycles. The van der Waals surface area contributed by atoms with E-state index in [1.165, 1.54) is 6.07 Å². The molecule has 0 saturated carbocycles. The zero-order valence-electron chi connectivity index (χ0n) is 14.1. The van der Waals surface area contributed by atoms with Crippen LogP contribution in [-0.4, -0.2) is 23.6 Å². The zero-order valence-corrected chi connectivity index (χ0v) is 15.6. The predicted molar refractivity (Wildman–Crippen MR) is 101 cm³/mol. The van der Waals surface area contributed by atoms with E-state index in [0.29, 0.717) is 16.5 Å². The lowest BCUT2D eigenvalue weighted by Crippen LogP contribution is -2.24. The molecule has 0 unspecified atom stereocenters. The second kappa shape index (κ2) is 9.94. The molecule has 0 radical (unpaired) electrons. The van der Waals surface area contributed by atoms with Gasteiger partial charge in [-0.3, -0.25) is 4.79 Å². The van der Waals surface area contributed by atoms with Crippen LogP contribution in [-0.2, 0) is 16.1 Å². The number of rotatable bonds is 7. The van der Waals surface area contributed by atoms with Crippen molar-refractivity contribution in [1.29, 1.82) is 0 Å². The van der Waals surface area contributed by atoms with Crippen LogP contribution >= 0.6 is 23.2 Å². The molecular formula is C17H17Cl2FN4O3. The van der Waals surface area contributed by atoms with Crippen LogP contribution in [0.25, 0.3) is 0 Å². The van der Waals surface area contributed by atoms with Crippen LogP contribution in [0, 0.1) is 5.95 Å². The van der Waals surface area contributed by atoms with E-state index in [4.69, 9.17) is 33.7 Å². The number of nitrogen functional groups attached to an aromatic ring is 1. The third kappa shape index (κ3) is 7.28. The summed E-state index contributed by atoms with van der Waals surface area (Å²) in [6.45, 7) is 0.253. The largest absolute Gasteiger partial charge is 0.450 e. The first kappa shape index (κ1) is 20.7. The van der Waals surface area contributed by atoms with Crippen molar-refractivity contribution in [1.82, 2.24) is 10.3 Å². The number of carbonyl (C=O) groups is 2. The van der Waals surface area contributed by atoms with Gasteiger partial charge in [0.05, 0.1) is 12.3 Å². The number of carbonyl (C=O) groups excluding carboxylic acids is 2. The number of amides is 2. The minimum Gasteiger partial charge on any atom is -0.450 e. The molecule has 10 heteroatoms. The quantitative estimate of drug-likeness (QED) is 0.472. The van der Waals surface area contributed by atoms with Gasteiger partial charge in [0, 0.05) is 23.0 Å². The molecule has 0 bridgehead atoms. The monoisotopic (exact) mass is 414 g/mol. The molecule has 27 heavy (non-hydrogen) atoms. The maximum Gasteiger partial charge on any atom is 0.407 e.